The van der Waals surface area contributed by atoms with Gasteiger partial charge in [-0.1, -0.05) is 18.2 Å². The van der Waals surface area contributed by atoms with Gasteiger partial charge in [-0.2, -0.15) is 5.10 Å². The van der Waals surface area contributed by atoms with E-state index in [0.29, 0.717) is 13.1 Å². The van der Waals surface area contributed by atoms with Gasteiger partial charge in [0, 0.05) is 30.4 Å². The van der Waals surface area contributed by atoms with Crippen LogP contribution in [0.4, 0.5) is 0 Å². The molecular formula is C19H25IN6S. The molecule has 3 aromatic rings. The van der Waals surface area contributed by atoms with Gasteiger partial charge in [-0.05, 0) is 38.5 Å². The molecule has 27 heavy (non-hydrogen) atoms. The smallest absolute Gasteiger partial charge is 0.191 e. The number of aliphatic imine (C=N–C) groups is 1. The van der Waals surface area contributed by atoms with Crippen LogP contribution in [0.1, 0.15) is 26.8 Å². The Bertz CT molecular complexity index is 915. The molecule has 2 aromatic heterocycles. The maximum absolute atomic E-state index is 4.60. The molecular weight excluding hydrogens is 471 g/mol. The summed E-state index contributed by atoms with van der Waals surface area (Å²) in [7, 11) is 1.77. The van der Waals surface area contributed by atoms with Crippen LogP contribution in [-0.2, 0) is 13.1 Å². The minimum Gasteiger partial charge on any atom is -0.352 e. The largest absolute Gasteiger partial charge is 0.352 e. The minimum atomic E-state index is 0. The van der Waals surface area contributed by atoms with Crippen LogP contribution in [-0.4, -0.2) is 27.8 Å². The van der Waals surface area contributed by atoms with Gasteiger partial charge < -0.3 is 10.6 Å². The molecule has 0 saturated carbocycles. The lowest BCUT2D eigenvalue weighted by molar-refractivity contribution is 0.779. The van der Waals surface area contributed by atoms with Gasteiger partial charge in [0.15, 0.2) is 5.96 Å². The maximum atomic E-state index is 4.60. The summed E-state index contributed by atoms with van der Waals surface area (Å²) >= 11 is 1.69. The van der Waals surface area contributed by atoms with Crippen LogP contribution in [0.3, 0.4) is 0 Å². The summed E-state index contributed by atoms with van der Waals surface area (Å²) in [6.45, 7) is 7.46. The van der Waals surface area contributed by atoms with Crippen LogP contribution in [0.25, 0.3) is 5.69 Å². The SMILES string of the molecule is CN=C(NCc1ncc(C)s1)NCc1ccccc1-n1nc(C)cc1C.I. The summed E-state index contributed by atoms with van der Waals surface area (Å²) in [5.41, 5.74) is 4.38. The molecule has 0 unspecified atom stereocenters. The molecule has 8 heteroatoms. The van der Waals surface area contributed by atoms with Crippen LogP contribution in [0.15, 0.2) is 41.5 Å². The third-order valence-electron chi connectivity index (χ3n) is 3.98. The van der Waals surface area contributed by atoms with Crippen molar-refractivity contribution in [3.63, 3.8) is 0 Å². The number of hydrogen-bond acceptors (Lipinski definition) is 4. The van der Waals surface area contributed by atoms with Crippen molar-refractivity contribution in [2.24, 2.45) is 4.99 Å². The fourth-order valence-electron chi connectivity index (χ4n) is 2.78. The van der Waals surface area contributed by atoms with E-state index in [0.717, 1.165) is 33.6 Å². The van der Waals surface area contributed by atoms with Gasteiger partial charge in [0.2, 0.25) is 0 Å². The normalized spacial score (nSPS) is 11.2. The highest BCUT2D eigenvalue weighted by molar-refractivity contribution is 14.0. The third kappa shape index (κ3) is 5.52. The van der Waals surface area contributed by atoms with Crippen molar-refractivity contribution in [3.05, 3.63) is 63.4 Å². The van der Waals surface area contributed by atoms with Crippen molar-refractivity contribution in [2.45, 2.75) is 33.9 Å². The fourth-order valence-corrected chi connectivity index (χ4v) is 3.51. The Morgan fingerprint density at radius 3 is 2.52 bits per heavy atom. The standard InChI is InChI=1S/C19H24N6S.HI/c1-13-9-14(2)25(24-13)17-8-6-5-7-16(17)11-22-19(20-4)23-12-18-21-10-15(3)26-18;/h5-10H,11-12H2,1-4H3,(H2,20,22,23);1H. The van der Waals surface area contributed by atoms with Crippen LogP contribution in [0.5, 0.6) is 0 Å². The molecule has 0 aliphatic carbocycles. The number of aromatic nitrogens is 3. The number of benzene rings is 1. The number of para-hydroxylation sites is 1. The Balaban J connectivity index is 0.00000261. The second-order valence-corrected chi connectivity index (χ2v) is 7.43. The van der Waals surface area contributed by atoms with Gasteiger partial charge in [-0.15, -0.1) is 35.3 Å². The molecule has 0 fully saturated rings. The molecule has 0 aliphatic rings. The summed E-state index contributed by atoms with van der Waals surface area (Å²) in [6.07, 6.45) is 1.89. The van der Waals surface area contributed by atoms with E-state index in [2.05, 4.69) is 57.8 Å². The molecule has 144 valence electrons. The molecule has 1 aromatic carbocycles. The molecule has 2 N–H and O–H groups in total. The van der Waals surface area contributed by atoms with Crippen LogP contribution >= 0.6 is 35.3 Å². The van der Waals surface area contributed by atoms with Crippen molar-refractivity contribution >= 4 is 41.3 Å². The van der Waals surface area contributed by atoms with E-state index >= 15 is 0 Å². The van der Waals surface area contributed by atoms with E-state index in [-0.39, 0.29) is 24.0 Å². The number of hydrogen-bond donors (Lipinski definition) is 2. The first kappa shape index (κ1) is 21.4. The zero-order valence-corrected chi connectivity index (χ0v) is 19.1. The lowest BCUT2D eigenvalue weighted by atomic mass is 10.1. The molecule has 0 atom stereocenters. The summed E-state index contributed by atoms with van der Waals surface area (Å²) in [5.74, 6) is 0.751. The van der Waals surface area contributed by atoms with E-state index in [4.69, 9.17) is 0 Å². The second kappa shape index (κ2) is 9.84. The summed E-state index contributed by atoms with van der Waals surface area (Å²) in [4.78, 5) is 9.88. The summed E-state index contributed by atoms with van der Waals surface area (Å²) in [5, 5.41) is 12.3. The van der Waals surface area contributed by atoms with Gasteiger partial charge >= 0.3 is 0 Å². The number of halogens is 1. The van der Waals surface area contributed by atoms with E-state index < -0.39 is 0 Å². The number of nitrogens with one attached hydrogen (secondary N) is 2. The van der Waals surface area contributed by atoms with Crippen LogP contribution in [0, 0.1) is 20.8 Å². The summed E-state index contributed by atoms with van der Waals surface area (Å²) < 4.78 is 1.99. The van der Waals surface area contributed by atoms with Crippen molar-refractivity contribution in [1.82, 2.24) is 25.4 Å². The highest BCUT2D eigenvalue weighted by atomic mass is 127. The van der Waals surface area contributed by atoms with Crippen molar-refractivity contribution in [2.75, 3.05) is 7.05 Å². The Morgan fingerprint density at radius 2 is 1.89 bits per heavy atom. The highest BCUT2D eigenvalue weighted by Gasteiger charge is 2.09. The lowest BCUT2D eigenvalue weighted by Crippen LogP contribution is -2.36. The molecule has 0 saturated heterocycles. The van der Waals surface area contributed by atoms with Gasteiger partial charge in [-0.3, -0.25) is 4.99 Å². The summed E-state index contributed by atoms with van der Waals surface area (Å²) in [6, 6.07) is 10.4. The molecule has 0 bridgehead atoms. The van der Waals surface area contributed by atoms with Gasteiger partial charge in [0.25, 0.3) is 0 Å². The highest BCUT2D eigenvalue weighted by Crippen LogP contribution is 2.17. The number of nitrogens with zero attached hydrogens (tertiary/aromatic N) is 4. The van der Waals surface area contributed by atoms with Crippen molar-refractivity contribution in [1.29, 1.82) is 0 Å². The third-order valence-corrected chi connectivity index (χ3v) is 4.89. The zero-order valence-electron chi connectivity index (χ0n) is 16.0. The predicted molar refractivity (Wildman–Crippen MR) is 122 cm³/mol. The molecule has 0 radical (unpaired) electrons. The van der Waals surface area contributed by atoms with Crippen molar-refractivity contribution < 1.29 is 0 Å². The first-order valence-electron chi connectivity index (χ1n) is 8.54. The van der Waals surface area contributed by atoms with Crippen LogP contribution < -0.4 is 10.6 Å². The Morgan fingerprint density at radius 1 is 1.15 bits per heavy atom. The van der Waals surface area contributed by atoms with Gasteiger partial charge in [0.1, 0.15) is 5.01 Å². The van der Waals surface area contributed by atoms with E-state index in [9.17, 15) is 0 Å². The average Bonchev–Trinajstić information content (AvgIpc) is 3.20. The van der Waals surface area contributed by atoms with Gasteiger partial charge in [0.05, 0.1) is 17.9 Å². The van der Waals surface area contributed by atoms with Crippen molar-refractivity contribution in [3.8, 4) is 5.69 Å². The number of rotatable bonds is 5. The monoisotopic (exact) mass is 496 g/mol. The predicted octanol–water partition coefficient (Wildman–Crippen LogP) is 3.74. The quantitative estimate of drug-likeness (QED) is 0.321. The number of thiazole rings is 1. The Kier molecular flexibility index (Phi) is 7.78. The molecule has 6 nitrogen and oxygen atoms in total. The average molecular weight is 496 g/mol. The molecule has 2 heterocycles. The molecule has 0 spiro atoms. The number of guanidine groups is 1. The fraction of sp³-hybridized carbons (Fsp3) is 0.316. The Hall–Kier alpha value is -1.94. The second-order valence-electron chi connectivity index (χ2n) is 6.11. The Labute approximate surface area is 181 Å². The lowest BCUT2D eigenvalue weighted by Gasteiger charge is -2.14. The minimum absolute atomic E-state index is 0. The topological polar surface area (TPSA) is 67.1 Å². The first-order valence-corrected chi connectivity index (χ1v) is 9.36. The molecule has 0 aliphatic heterocycles. The molecule has 0 amide bonds. The maximum Gasteiger partial charge on any atom is 0.191 e. The first-order chi connectivity index (χ1) is 12.6. The van der Waals surface area contributed by atoms with E-state index in [1.54, 1.807) is 18.4 Å². The zero-order chi connectivity index (χ0) is 18.5. The molecule has 3 rings (SSSR count). The number of aryl methyl sites for hydroxylation is 3. The van der Waals surface area contributed by atoms with Crippen LogP contribution in [0.2, 0.25) is 0 Å². The van der Waals surface area contributed by atoms with Gasteiger partial charge in [-0.25, -0.2) is 9.67 Å². The van der Waals surface area contributed by atoms with E-state index in [1.165, 1.54) is 4.88 Å². The van der Waals surface area contributed by atoms with E-state index in [1.807, 2.05) is 29.9 Å².